The number of hydrogen-bond donors (Lipinski definition) is 2. The van der Waals surface area contributed by atoms with Crippen LogP contribution in [0.25, 0.3) is 0 Å². The minimum atomic E-state index is 0.0326. The Bertz CT molecular complexity index is 649. The van der Waals surface area contributed by atoms with Gasteiger partial charge in [-0.3, -0.25) is 4.79 Å². The number of aryl methyl sites for hydroxylation is 1. The Labute approximate surface area is 119 Å². The topological polar surface area (TPSA) is 41.1 Å². The van der Waals surface area contributed by atoms with Gasteiger partial charge in [0.1, 0.15) is 0 Å². The van der Waals surface area contributed by atoms with Gasteiger partial charge in [-0.1, -0.05) is 24.3 Å². The summed E-state index contributed by atoms with van der Waals surface area (Å²) in [5.74, 6) is 0.0326. The summed E-state index contributed by atoms with van der Waals surface area (Å²) >= 11 is 0. The van der Waals surface area contributed by atoms with E-state index in [2.05, 4.69) is 16.7 Å². The Hall–Kier alpha value is -2.29. The van der Waals surface area contributed by atoms with E-state index in [0.29, 0.717) is 6.42 Å². The third-order valence-electron chi connectivity index (χ3n) is 3.71. The Morgan fingerprint density at radius 3 is 2.95 bits per heavy atom. The van der Waals surface area contributed by atoms with Crippen molar-refractivity contribution < 1.29 is 4.79 Å². The van der Waals surface area contributed by atoms with E-state index < -0.39 is 0 Å². The molecule has 1 aliphatic rings. The van der Waals surface area contributed by atoms with Crippen LogP contribution in [0.3, 0.4) is 0 Å². The molecule has 1 heterocycles. The van der Waals surface area contributed by atoms with Crippen molar-refractivity contribution in [3.05, 3.63) is 59.2 Å². The van der Waals surface area contributed by atoms with E-state index in [4.69, 9.17) is 0 Å². The van der Waals surface area contributed by atoms with Crippen LogP contribution in [0, 0.1) is 6.92 Å². The molecule has 0 radical (unpaired) electrons. The molecule has 0 aromatic heterocycles. The van der Waals surface area contributed by atoms with Gasteiger partial charge in [0, 0.05) is 17.9 Å². The first-order valence-electron chi connectivity index (χ1n) is 6.93. The minimum Gasteiger partial charge on any atom is -0.384 e. The third kappa shape index (κ3) is 2.67. The Morgan fingerprint density at radius 2 is 2.10 bits per heavy atom. The van der Waals surface area contributed by atoms with Crippen LogP contribution in [0.1, 0.15) is 16.7 Å². The van der Waals surface area contributed by atoms with E-state index >= 15 is 0 Å². The fourth-order valence-electron chi connectivity index (χ4n) is 2.57. The molecule has 0 atom stereocenters. The maximum Gasteiger partial charge on any atom is 0.228 e. The van der Waals surface area contributed by atoms with Crippen molar-refractivity contribution in [3.8, 4) is 0 Å². The Morgan fingerprint density at radius 1 is 1.25 bits per heavy atom. The van der Waals surface area contributed by atoms with E-state index in [9.17, 15) is 4.79 Å². The van der Waals surface area contributed by atoms with Gasteiger partial charge in [-0.25, -0.2) is 0 Å². The van der Waals surface area contributed by atoms with Crippen LogP contribution in [0.2, 0.25) is 0 Å². The summed E-state index contributed by atoms with van der Waals surface area (Å²) in [7, 11) is 0. The van der Waals surface area contributed by atoms with Crippen molar-refractivity contribution in [3.63, 3.8) is 0 Å². The molecule has 1 aliphatic heterocycles. The lowest BCUT2D eigenvalue weighted by Crippen LogP contribution is -2.15. The summed E-state index contributed by atoms with van der Waals surface area (Å²) in [4.78, 5) is 12.1. The quantitative estimate of drug-likeness (QED) is 0.896. The molecular weight excluding hydrogens is 248 g/mol. The van der Waals surface area contributed by atoms with Crippen molar-refractivity contribution in [2.75, 3.05) is 17.2 Å². The van der Waals surface area contributed by atoms with Gasteiger partial charge in [0.15, 0.2) is 0 Å². The lowest BCUT2D eigenvalue weighted by molar-refractivity contribution is -0.115. The molecule has 3 nitrogen and oxygen atoms in total. The van der Waals surface area contributed by atoms with Gasteiger partial charge < -0.3 is 10.6 Å². The van der Waals surface area contributed by atoms with Gasteiger partial charge in [0.2, 0.25) is 5.91 Å². The molecule has 2 aromatic rings. The number of carbonyl (C=O) groups excluding carboxylic acids is 1. The average molecular weight is 266 g/mol. The second-order valence-electron chi connectivity index (χ2n) is 5.20. The molecule has 20 heavy (non-hydrogen) atoms. The lowest BCUT2D eigenvalue weighted by Gasteiger charge is -2.09. The highest BCUT2D eigenvalue weighted by atomic mass is 16.1. The van der Waals surface area contributed by atoms with Crippen LogP contribution in [-0.4, -0.2) is 12.5 Å². The standard InChI is InChI=1S/C17H18N2O/c1-12-4-2-3-5-13(12)11-17(20)19-15-6-7-16-14(10-15)8-9-18-16/h2-7,10,18H,8-9,11H2,1H3,(H,19,20). The molecule has 0 spiro atoms. The zero-order chi connectivity index (χ0) is 13.9. The molecular formula is C17H18N2O. The van der Waals surface area contributed by atoms with Crippen molar-refractivity contribution in [2.45, 2.75) is 19.8 Å². The molecule has 0 fully saturated rings. The number of fused-ring (bicyclic) bond motifs is 1. The largest absolute Gasteiger partial charge is 0.384 e. The average Bonchev–Trinajstić information content (AvgIpc) is 2.89. The fraction of sp³-hybridized carbons (Fsp3) is 0.235. The van der Waals surface area contributed by atoms with E-state index in [1.54, 1.807) is 0 Å². The number of amides is 1. The number of carbonyl (C=O) groups is 1. The second-order valence-corrected chi connectivity index (χ2v) is 5.20. The van der Waals surface area contributed by atoms with Crippen LogP contribution in [0.15, 0.2) is 42.5 Å². The van der Waals surface area contributed by atoms with Crippen LogP contribution < -0.4 is 10.6 Å². The number of rotatable bonds is 3. The van der Waals surface area contributed by atoms with Crippen molar-refractivity contribution >= 4 is 17.3 Å². The minimum absolute atomic E-state index is 0.0326. The first kappa shape index (κ1) is 12.7. The van der Waals surface area contributed by atoms with Crippen LogP contribution in [0.4, 0.5) is 11.4 Å². The molecule has 1 amide bonds. The van der Waals surface area contributed by atoms with E-state index in [1.165, 1.54) is 11.3 Å². The number of nitrogens with one attached hydrogen (secondary N) is 2. The molecule has 0 bridgehead atoms. The Kier molecular flexibility index (Phi) is 3.42. The maximum atomic E-state index is 12.1. The van der Waals surface area contributed by atoms with Gasteiger partial charge in [0.05, 0.1) is 6.42 Å². The number of benzene rings is 2. The molecule has 2 N–H and O–H groups in total. The molecule has 2 aromatic carbocycles. The molecule has 0 aliphatic carbocycles. The summed E-state index contributed by atoms with van der Waals surface area (Å²) in [6.07, 6.45) is 1.44. The lowest BCUT2D eigenvalue weighted by atomic mass is 10.1. The molecule has 0 saturated carbocycles. The zero-order valence-electron chi connectivity index (χ0n) is 11.6. The SMILES string of the molecule is Cc1ccccc1CC(=O)Nc1ccc2c(c1)CCN2. The molecule has 0 unspecified atom stereocenters. The Balaban J connectivity index is 1.69. The predicted octanol–water partition coefficient (Wildman–Crippen LogP) is 3.14. The zero-order valence-corrected chi connectivity index (χ0v) is 11.6. The fourth-order valence-corrected chi connectivity index (χ4v) is 2.57. The van der Waals surface area contributed by atoms with Gasteiger partial charge in [-0.2, -0.15) is 0 Å². The summed E-state index contributed by atoms with van der Waals surface area (Å²) < 4.78 is 0. The highest BCUT2D eigenvalue weighted by Gasteiger charge is 2.11. The maximum absolute atomic E-state index is 12.1. The van der Waals surface area contributed by atoms with Crippen LogP contribution >= 0.6 is 0 Å². The number of hydrogen-bond acceptors (Lipinski definition) is 2. The second kappa shape index (κ2) is 5.37. The molecule has 3 rings (SSSR count). The van der Waals surface area contributed by atoms with Crippen molar-refractivity contribution in [1.29, 1.82) is 0 Å². The highest BCUT2D eigenvalue weighted by Crippen LogP contribution is 2.25. The summed E-state index contributed by atoms with van der Waals surface area (Å²) in [6, 6.07) is 14.0. The van der Waals surface area contributed by atoms with E-state index in [-0.39, 0.29) is 5.91 Å². The van der Waals surface area contributed by atoms with Gasteiger partial charge in [0.25, 0.3) is 0 Å². The number of anilines is 2. The van der Waals surface area contributed by atoms with Gasteiger partial charge >= 0.3 is 0 Å². The monoisotopic (exact) mass is 266 g/mol. The van der Waals surface area contributed by atoms with E-state index in [0.717, 1.165) is 29.8 Å². The van der Waals surface area contributed by atoms with Crippen molar-refractivity contribution in [1.82, 2.24) is 0 Å². The highest BCUT2D eigenvalue weighted by molar-refractivity contribution is 5.92. The molecule has 3 heteroatoms. The van der Waals surface area contributed by atoms with Crippen LogP contribution in [-0.2, 0) is 17.6 Å². The van der Waals surface area contributed by atoms with Crippen molar-refractivity contribution in [2.24, 2.45) is 0 Å². The van der Waals surface area contributed by atoms with E-state index in [1.807, 2.05) is 43.3 Å². The molecule has 102 valence electrons. The first-order valence-corrected chi connectivity index (χ1v) is 6.93. The summed E-state index contributed by atoms with van der Waals surface area (Å²) in [5, 5.41) is 6.30. The van der Waals surface area contributed by atoms with Crippen LogP contribution in [0.5, 0.6) is 0 Å². The predicted molar refractivity (Wildman–Crippen MR) is 82.1 cm³/mol. The summed E-state index contributed by atoms with van der Waals surface area (Å²) in [5.41, 5.74) is 5.57. The van der Waals surface area contributed by atoms with Gasteiger partial charge in [-0.15, -0.1) is 0 Å². The normalized spacial score (nSPS) is 12.7. The van der Waals surface area contributed by atoms with Gasteiger partial charge in [-0.05, 0) is 48.2 Å². The first-order chi connectivity index (χ1) is 9.72. The third-order valence-corrected chi connectivity index (χ3v) is 3.71. The smallest absolute Gasteiger partial charge is 0.228 e. The summed E-state index contributed by atoms with van der Waals surface area (Å²) in [6.45, 7) is 3.01. The molecule has 0 saturated heterocycles.